The van der Waals surface area contributed by atoms with Crippen LogP contribution in [-0.4, -0.2) is 51.6 Å². The third-order valence-electron chi connectivity index (χ3n) is 6.33. The number of amides is 1. The van der Waals surface area contributed by atoms with E-state index >= 15 is 0 Å². The Morgan fingerprint density at radius 3 is 2.69 bits per heavy atom. The fraction of sp³-hybridized carbons (Fsp3) is 0.269. The van der Waals surface area contributed by atoms with Crippen molar-refractivity contribution in [3.8, 4) is 11.3 Å². The van der Waals surface area contributed by atoms with E-state index in [9.17, 15) is 18.0 Å². The van der Waals surface area contributed by atoms with Crippen LogP contribution in [-0.2, 0) is 12.7 Å². The third kappa shape index (κ3) is 4.95. The zero-order chi connectivity index (χ0) is 25.3. The Morgan fingerprint density at radius 2 is 1.92 bits per heavy atom. The van der Waals surface area contributed by atoms with E-state index in [0.29, 0.717) is 24.3 Å². The summed E-state index contributed by atoms with van der Waals surface area (Å²) in [5.41, 5.74) is 2.93. The van der Waals surface area contributed by atoms with Crippen LogP contribution in [0.2, 0.25) is 0 Å². The van der Waals surface area contributed by atoms with Crippen LogP contribution >= 0.6 is 0 Å². The molecule has 0 saturated carbocycles. The molecular formula is C26H25F3N6O. The maximum Gasteiger partial charge on any atom is 0.416 e. The van der Waals surface area contributed by atoms with E-state index in [1.54, 1.807) is 41.2 Å². The van der Waals surface area contributed by atoms with Crippen molar-refractivity contribution in [2.45, 2.75) is 19.6 Å². The topological polar surface area (TPSA) is 74.6 Å². The lowest BCUT2D eigenvalue weighted by Gasteiger charge is -2.28. The average Bonchev–Trinajstić information content (AvgIpc) is 3.29. The highest BCUT2D eigenvalue weighted by atomic mass is 19.4. The number of carbonyl (C=O) groups excluding carboxylic acids is 1. The van der Waals surface area contributed by atoms with Crippen molar-refractivity contribution in [1.29, 1.82) is 0 Å². The van der Waals surface area contributed by atoms with Crippen molar-refractivity contribution in [2.75, 3.05) is 31.5 Å². The van der Waals surface area contributed by atoms with Gasteiger partial charge in [0.25, 0.3) is 5.91 Å². The molecule has 1 saturated heterocycles. The fourth-order valence-electron chi connectivity index (χ4n) is 4.42. The normalized spacial score (nSPS) is 14.8. The van der Waals surface area contributed by atoms with Crippen LogP contribution in [0.5, 0.6) is 0 Å². The van der Waals surface area contributed by atoms with E-state index < -0.39 is 17.6 Å². The Labute approximate surface area is 206 Å². The quantitative estimate of drug-likeness (QED) is 0.431. The zero-order valence-electron chi connectivity index (χ0n) is 19.6. The number of aryl methyl sites for hydroxylation is 1. The number of anilines is 1. The van der Waals surface area contributed by atoms with Gasteiger partial charge in [-0.05, 0) is 54.4 Å². The summed E-state index contributed by atoms with van der Waals surface area (Å²) >= 11 is 0. The number of hydrogen-bond acceptors (Lipinski definition) is 5. The summed E-state index contributed by atoms with van der Waals surface area (Å²) in [6.07, 6.45) is -1.20. The van der Waals surface area contributed by atoms with Crippen LogP contribution < -0.4 is 10.6 Å². The number of halogens is 3. The van der Waals surface area contributed by atoms with E-state index in [1.165, 1.54) is 12.1 Å². The van der Waals surface area contributed by atoms with Gasteiger partial charge >= 0.3 is 6.18 Å². The van der Waals surface area contributed by atoms with Gasteiger partial charge in [-0.2, -0.15) is 18.3 Å². The number of imidazole rings is 1. The largest absolute Gasteiger partial charge is 0.416 e. The van der Waals surface area contributed by atoms with Crippen molar-refractivity contribution in [3.63, 3.8) is 0 Å². The monoisotopic (exact) mass is 494 g/mol. The lowest BCUT2D eigenvalue weighted by atomic mass is 10.0. The van der Waals surface area contributed by atoms with Gasteiger partial charge in [0.1, 0.15) is 0 Å². The van der Waals surface area contributed by atoms with Gasteiger partial charge in [-0.15, -0.1) is 0 Å². The van der Waals surface area contributed by atoms with Gasteiger partial charge in [0.05, 0.1) is 17.5 Å². The molecule has 3 heterocycles. The second-order valence-corrected chi connectivity index (χ2v) is 8.82. The number of alkyl halides is 3. The number of nitrogens with one attached hydrogen (secondary N) is 2. The minimum absolute atomic E-state index is 0.0926. The number of hydrogen-bond donors (Lipinski definition) is 2. The smallest absolute Gasteiger partial charge is 0.322 e. The molecule has 4 aromatic rings. The lowest BCUT2D eigenvalue weighted by Crippen LogP contribution is -2.43. The number of aromatic nitrogens is 3. The second kappa shape index (κ2) is 9.71. The molecule has 2 aromatic heterocycles. The first-order valence-electron chi connectivity index (χ1n) is 11.6. The first-order valence-corrected chi connectivity index (χ1v) is 11.6. The number of benzene rings is 2. The highest BCUT2D eigenvalue weighted by Crippen LogP contribution is 2.35. The molecule has 0 radical (unpaired) electrons. The van der Waals surface area contributed by atoms with Gasteiger partial charge in [-0.25, -0.2) is 9.50 Å². The van der Waals surface area contributed by atoms with E-state index in [2.05, 4.69) is 20.7 Å². The van der Waals surface area contributed by atoms with Crippen molar-refractivity contribution in [1.82, 2.24) is 24.8 Å². The van der Waals surface area contributed by atoms with Crippen LogP contribution in [0.3, 0.4) is 0 Å². The molecule has 0 unspecified atom stereocenters. The fourth-order valence-corrected chi connectivity index (χ4v) is 4.42. The van der Waals surface area contributed by atoms with Crippen LogP contribution in [0.25, 0.3) is 16.9 Å². The van der Waals surface area contributed by atoms with Crippen LogP contribution in [0.15, 0.2) is 60.9 Å². The maximum absolute atomic E-state index is 13.9. The molecule has 1 aliphatic rings. The summed E-state index contributed by atoms with van der Waals surface area (Å²) in [5, 5.41) is 10.2. The molecule has 0 spiro atoms. The van der Waals surface area contributed by atoms with Crippen molar-refractivity contribution in [3.05, 3.63) is 83.2 Å². The van der Waals surface area contributed by atoms with Crippen molar-refractivity contribution < 1.29 is 18.0 Å². The van der Waals surface area contributed by atoms with Gasteiger partial charge in [0.2, 0.25) is 0 Å². The van der Waals surface area contributed by atoms with Gasteiger partial charge < -0.3 is 10.6 Å². The Balaban J connectivity index is 1.41. The molecule has 1 amide bonds. The minimum Gasteiger partial charge on any atom is -0.322 e. The summed E-state index contributed by atoms with van der Waals surface area (Å²) in [6.45, 7) is 4.99. The summed E-state index contributed by atoms with van der Waals surface area (Å²) in [5.74, 6) is -0.499. The Kier molecular flexibility index (Phi) is 6.46. The highest BCUT2D eigenvalue weighted by Gasteiger charge is 2.34. The van der Waals surface area contributed by atoms with Crippen molar-refractivity contribution in [2.24, 2.45) is 0 Å². The van der Waals surface area contributed by atoms with Gasteiger partial charge in [-0.3, -0.25) is 9.69 Å². The number of piperazine rings is 1. The number of carbonyl (C=O) groups is 1. The van der Waals surface area contributed by atoms with Gasteiger partial charge in [0.15, 0.2) is 5.65 Å². The summed E-state index contributed by atoms with van der Waals surface area (Å²) in [6, 6.07) is 12.7. The molecule has 1 fully saturated rings. The molecule has 2 aromatic carbocycles. The zero-order valence-corrected chi connectivity index (χ0v) is 19.6. The molecule has 2 N–H and O–H groups in total. The number of fused-ring (bicyclic) bond motifs is 1. The summed E-state index contributed by atoms with van der Waals surface area (Å²) in [4.78, 5) is 19.4. The van der Waals surface area contributed by atoms with E-state index in [-0.39, 0.29) is 17.8 Å². The molecule has 36 heavy (non-hydrogen) atoms. The molecule has 10 heteroatoms. The molecule has 0 bridgehead atoms. The maximum atomic E-state index is 13.9. The molecular weight excluding hydrogens is 469 g/mol. The molecule has 1 aliphatic heterocycles. The summed E-state index contributed by atoms with van der Waals surface area (Å²) < 4.78 is 43.3. The molecule has 0 atom stereocenters. The average molecular weight is 495 g/mol. The molecule has 7 nitrogen and oxygen atoms in total. The Morgan fingerprint density at radius 1 is 1.11 bits per heavy atom. The Bertz CT molecular complexity index is 1410. The number of rotatable bonds is 5. The SMILES string of the molecule is Cc1ccc(C(=O)Nc2ccc(CN3CCNCC3)c(C(F)(F)F)c2)cc1-c1cnc2cccnn12. The summed E-state index contributed by atoms with van der Waals surface area (Å²) in [7, 11) is 0. The van der Waals surface area contributed by atoms with E-state index in [4.69, 9.17) is 0 Å². The third-order valence-corrected chi connectivity index (χ3v) is 6.33. The highest BCUT2D eigenvalue weighted by molar-refractivity contribution is 6.05. The first kappa shape index (κ1) is 24.0. The lowest BCUT2D eigenvalue weighted by molar-refractivity contribution is -0.138. The molecule has 186 valence electrons. The van der Waals surface area contributed by atoms with Gasteiger partial charge in [-0.1, -0.05) is 12.1 Å². The van der Waals surface area contributed by atoms with Crippen LogP contribution in [0.4, 0.5) is 18.9 Å². The van der Waals surface area contributed by atoms with Crippen LogP contribution in [0, 0.1) is 6.92 Å². The van der Waals surface area contributed by atoms with E-state index in [1.807, 2.05) is 17.9 Å². The Hall–Kier alpha value is -3.76. The molecule has 0 aliphatic carbocycles. The first-order chi connectivity index (χ1) is 17.3. The van der Waals surface area contributed by atoms with E-state index in [0.717, 1.165) is 36.0 Å². The van der Waals surface area contributed by atoms with Gasteiger partial charge in [0, 0.05) is 55.7 Å². The second-order valence-electron chi connectivity index (χ2n) is 8.82. The molecule has 5 rings (SSSR count). The predicted octanol–water partition coefficient (Wildman–Crippen LogP) is 4.38. The van der Waals surface area contributed by atoms with Crippen LogP contribution in [0.1, 0.15) is 27.0 Å². The minimum atomic E-state index is -4.53. The predicted molar refractivity (Wildman–Crippen MR) is 131 cm³/mol. The number of nitrogens with zero attached hydrogens (tertiary/aromatic N) is 4. The standard InChI is InChI=1S/C26H25F3N6O/c1-17-4-5-18(13-21(17)23-15-31-24-3-2-8-32-35(23)24)25(36)33-20-7-6-19(22(14-20)26(27,28)29)16-34-11-9-30-10-12-34/h2-8,13-15,30H,9-12,16H2,1H3,(H,33,36). The van der Waals surface area contributed by atoms with Crippen molar-refractivity contribution >= 4 is 17.2 Å².